The first-order valence-electron chi connectivity index (χ1n) is 25.0. The minimum absolute atomic E-state index is 1.05. The van der Waals surface area contributed by atoms with Gasteiger partial charge in [0.05, 0.1) is 11.4 Å². The molecule has 12 rings (SSSR count). The number of rotatable bonds is 12. The van der Waals surface area contributed by atoms with Gasteiger partial charge in [-0.2, -0.15) is 0 Å². The van der Waals surface area contributed by atoms with Crippen molar-refractivity contribution >= 4 is 50.5 Å². The first-order valence-corrected chi connectivity index (χ1v) is 25.0. The molecule has 1 aliphatic carbocycles. The molecule has 0 N–H and O–H groups in total. The second-order valence-corrected chi connectivity index (χ2v) is 18.3. The number of allylic oxidation sites excluding steroid dienone is 4. The summed E-state index contributed by atoms with van der Waals surface area (Å²) in [6, 6.07) is 99.0. The van der Waals surface area contributed by atoms with E-state index in [2.05, 4.69) is 301 Å². The maximum Gasteiger partial charge on any atom is 0.0540 e. The van der Waals surface area contributed by atoms with Crippen molar-refractivity contribution < 1.29 is 0 Å². The molecule has 0 bridgehead atoms. The maximum absolute atomic E-state index is 2.41. The maximum atomic E-state index is 2.41. The highest BCUT2D eigenvalue weighted by atomic mass is 15.1. The highest BCUT2D eigenvalue weighted by Gasteiger charge is 2.21. The smallest absolute Gasteiger partial charge is 0.0540 e. The van der Waals surface area contributed by atoms with E-state index >= 15 is 0 Å². The predicted molar refractivity (Wildman–Crippen MR) is 307 cm³/mol. The SMILES string of the molecule is C1=CC(c2ccccc2N(c2ccc(-c3ccccc3)cc2)c2ccc(-c3cccc4cccc(-c5ccc(N(c6ccc(-c7ccccc7)cc6)c6ccccc6-c6ccccc6)cc5)c34)cc2)=CCC1. The van der Waals surface area contributed by atoms with E-state index in [0.29, 0.717) is 0 Å². The molecule has 11 aromatic carbocycles. The van der Waals surface area contributed by atoms with Crippen molar-refractivity contribution in [3.8, 4) is 55.6 Å². The molecular weight excluding hydrogens is 869 g/mol. The molecule has 0 saturated heterocycles. The summed E-state index contributed by atoms with van der Waals surface area (Å²) in [4.78, 5) is 4.80. The van der Waals surface area contributed by atoms with Crippen LogP contribution in [0, 0.1) is 0 Å². The molecule has 0 aromatic heterocycles. The van der Waals surface area contributed by atoms with Gasteiger partial charge < -0.3 is 9.80 Å². The van der Waals surface area contributed by atoms with E-state index in [1.807, 2.05) is 0 Å². The number of benzene rings is 11. The summed E-state index contributed by atoms with van der Waals surface area (Å²) in [6.45, 7) is 0. The van der Waals surface area contributed by atoms with Gasteiger partial charge in [0.25, 0.3) is 0 Å². The number of nitrogens with zero attached hydrogens (tertiary/aromatic N) is 2. The summed E-state index contributed by atoms with van der Waals surface area (Å²) in [5.41, 5.74) is 21.0. The largest absolute Gasteiger partial charge is 0.310 e. The lowest BCUT2D eigenvalue weighted by atomic mass is 9.91. The fraction of sp³-hybridized carbons (Fsp3) is 0.0286. The van der Waals surface area contributed by atoms with Gasteiger partial charge in [-0.25, -0.2) is 0 Å². The van der Waals surface area contributed by atoms with Gasteiger partial charge in [0, 0.05) is 33.9 Å². The zero-order valence-corrected chi connectivity index (χ0v) is 40.0. The highest BCUT2D eigenvalue weighted by molar-refractivity contribution is 6.07. The van der Waals surface area contributed by atoms with Crippen molar-refractivity contribution in [3.63, 3.8) is 0 Å². The van der Waals surface area contributed by atoms with Crippen LogP contribution in [0.4, 0.5) is 34.1 Å². The van der Waals surface area contributed by atoms with Crippen molar-refractivity contribution in [2.45, 2.75) is 12.8 Å². The van der Waals surface area contributed by atoms with Gasteiger partial charge in [0.2, 0.25) is 0 Å². The Morgan fingerprint density at radius 2 is 0.597 bits per heavy atom. The van der Waals surface area contributed by atoms with Gasteiger partial charge in [-0.05, 0) is 140 Å². The van der Waals surface area contributed by atoms with Crippen LogP contribution >= 0.6 is 0 Å². The normalized spacial score (nSPS) is 12.1. The van der Waals surface area contributed by atoms with Gasteiger partial charge >= 0.3 is 0 Å². The molecule has 2 nitrogen and oxygen atoms in total. The molecule has 0 unspecified atom stereocenters. The molecule has 1 aliphatic rings. The Hall–Kier alpha value is -9.24. The summed E-state index contributed by atoms with van der Waals surface area (Å²) in [7, 11) is 0. The van der Waals surface area contributed by atoms with Gasteiger partial charge in [0.1, 0.15) is 0 Å². The van der Waals surface area contributed by atoms with Crippen LogP contribution in [-0.4, -0.2) is 0 Å². The Bertz CT molecular complexity index is 3680. The summed E-state index contributed by atoms with van der Waals surface area (Å²) in [6.07, 6.45) is 9.06. The first-order chi connectivity index (χ1) is 35.7. The van der Waals surface area contributed by atoms with Gasteiger partial charge in [-0.1, -0.05) is 231 Å². The summed E-state index contributed by atoms with van der Waals surface area (Å²) >= 11 is 0. The molecule has 0 amide bonds. The summed E-state index contributed by atoms with van der Waals surface area (Å²) < 4.78 is 0. The number of hydrogen-bond acceptors (Lipinski definition) is 2. The minimum Gasteiger partial charge on any atom is -0.310 e. The third-order valence-corrected chi connectivity index (χ3v) is 13.9. The van der Waals surface area contributed by atoms with Crippen molar-refractivity contribution in [2.24, 2.45) is 0 Å². The van der Waals surface area contributed by atoms with E-state index in [1.54, 1.807) is 0 Å². The monoisotopic (exact) mass is 920 g/mol. The second kappa shape index (κ2) is 20.0. The van der Waals surface area contributed by atoms with E-state index in [0.717, 1.165) is 52.5 Å². The average molecular weight is 921 g/mol. The van der Waals surface area contributed by atoms with Gasteiger partial charge in [0.15, 0.2) is 0 Å². The Kier molecular flexibility index (Phi) is 12.2. The third-order valence-electron chi connectivity index (χ3n) is 13.9. The molecular formula is C70H52N2. The third kappa shape index (κ3) is 8.83. The first kappa shape index (κ1) is 44.0. The van der Waals surface area contributed by atoms with E-state index in [9.17, 15) is 0 Å². The highest BCUT2D eigenvalue weighted by Crippen LogP contribution is 2.45. The zero-order valence-electron chi connectivity index (χ0n) is 40.0. The lowest BCUT2D eigenvalue weighted by Crippen LogP contribution is -2.12. The molecule has 11 aromatic rings. The molecule has 72 heavy (non-hydrogen) atoms. The van der Waals surface area contributed by atoms with Crippen LogP contribution in [0.1, 0.15) is 18.4 Å². The van der Waals surface area contributed by atoms with Crippen LogP contribution in [0.15, 0.2) is 291 Å². The summed E-state index contributed by atoms with van der Waals surface area (Å²) in [5, 5.41) is 2.44. The molecule has 342 valence electrons. The van der Waals surface area contributed by atoms with Crippen LogP contribution in [0.3, 0.4) is 0 Å². The van der Waals surface area contributed by atoms with Gasteiger partial charge in [-0.15, -0.1) is 0 Å². The number of anilines is 6. The van der Waals surface area contributed by atoms with Crippen LogP contribution in [0.2, 0.25) is 0 Å². The lowest BCUT2D eigenvalue weighted by Gasteiger charge is -2.29. The van der Waals surface area contributed by atoms with Crippen LogP contribution < -0.4 is 9.80 Å². The number of hydrogen-bond donors (Lipinski definition) is 0. The molecule has 0 aliphatic heterocycles. The Morgan fingerprint density at radius 3 is 1.04 bits per heavy atom. The van der Waals surface area contributed by atoms with E-state index in [1.165, 1.54) is 72.0 Å². The van der Waals surface area contributed by atoms with Crippen LogP contribution in [-0.2, 0) is 0 Å². The van der Waals surface area contributed by atoms with Crippen LogP contribution in [0.5, 0.6) is 0 Å². The van der Waals surface area contributed by atoms with Gasteiger partial charge in [-0.3, -0.25) is 0 Å². The molecule has 0 fully saturated rings. The van der Waals surface area contributed by atoms with Crippen molar-refractivity contribution in [3.05, 3.63) is 297 Å². The molecule has 0 spiro atoms. The predicted octanol–water partition coefficient (Wildman–Crippen LogP) is 19.8. The Labute approximate surface area is 423 Å². The Balaban J connectivity index is 0.922. The van der Waals surface area contributed by atoms with Crippen molar-refractivity contribution in [1.82, 2.24) is 0 Å². The molecule has 0 saturated carbocycles. The zero-order chi connectivity index (χ0) is 48.1. The summed E-state index contributed by atoms with van der Waals surface area (Å²) in [5.74, 6) is 0. The number of para-hydroxylation sites is 2. The van der Waals surface area contributed by atoms with E-state index in [4.69, 9.17) is 0 Å². The Morgan fingerprint density at radius 1 is 0.250 bits per heavy atom. The number of fused-ring (bicyclic) bond motifs is 1. The van der Waals surface area contributed by atoms with Crippen LogP contribution in [0.25, 0.3) is 72.0 Å². The van der Waals surface area contributed by atoms with E-state index in [-0.39, 0.29) is 0 Å². The topological polar surface area (TPSA) is 6.48 Å². The fourth-order valence-corrected chi connectivity index (χ4v) is 10.4. The molecule has 0 atom stereocenters. The molecule has 0 heterocycles. The fourth-order valence-electron chi connectivity index (χ4n) is 10.4. The quantitative estimate of drug-likeness (QED) is 0.120. The minimum atomic E-state index is 1.05. The standard InChI is InChI=1S/C70H52N2/c1-5-19-51(20-6-1)53-35-43-60(44-36-53)71(68-33-15-13-29-64(68)55-23-9-3-10-24-55)62-47-39-57(40-48-62)66-31-17-27-59-28-18-32-67(70(59)66)58-41-49-63(50-42-58)72(61-45-37-54(38-46-61)52-21-7-2-8-22-52)69-34-16-14-30-65(69)56-25-11-4-12-26-56/h1-3,5-11,13-50H,4,12H2. The average Bonchev–Trinajstić information content (AvgIpc) is 3.47. The second-order valence-electron chi connectivity index (χ2n) is 18.3. The molecule has 2 heteroatoms. The van der Waals surface area contributed by atoms with Crippen molar-refractivity contribution in [1.29, 1.82) is 0 Å². The van der Waals surface area contributed by atoms with E-state index < -0.39 is 0 Å². The lowest BCUT2D eigenvalue weighted by molar-refractivity contribution is 1.04. The molecule has 0 radical (unpaired) electrons. The van der Waals surface area contributed by atoms with Crippen molar-refractivity contribution in [2.75, 3.05) is 9.80 Å².